The van der Waals surface area contributed by atoms with Crippen molar-refractivity contribution >= 4 is 46.8 Å². The predicted octanol–water partition coefficient (Wildman–Crippen LogP) is 1.92. The van der Waals surface area contributed by atoms with Crippen molar-refractivity contribution in [2.24, 2.45) is 5.73 Å². The summed E-state index contributed by atoms with van der Waals surface area (Å²) in [5.41, 5.74) is 5.17. The summed E-state index contributed by atoms with van der Waals surface area (Å²) in [5, 5.41) is 5.46. The van der Waals surface area contributed by atoms with Gasteiger partial charge in [0.1, 0.15) is 0 Å². The SMILES string of the molecule is C[C@@H](OC(=O)CCNC(N)=O)C(=O)Nc1cc(Cl)ccc1Cl. The maximum absolute atomic E-state index is 11.9. The first-order valence-electron chi connectivity index (χ1n) is 6.28. The number of halogens is 2. The Balaban J connectivity index is 2.49. The van der Waals surface area contributed by atoms with E-state index < -0.39 is 24.0 Å². The first-order valence-corrected chi connectivity index (χ1v) is 7.04. The van der Waals surface area contributed by atoms with Gasteiger partial charge in [0.25, 0.3) is 5.91 Å². The first kappa shape index (κ1) is 18.1. The largest absolute Gasteiger partial charge is 0.452 e. The fourth-order valence-corrected chi connectivity index (χ4v) is 1.76. The lowest BCUT2D eigenvalue weighted by Crippen LogP contribution is -2.33. The van der Waals surface area contributed by atoms with Crippen molar-refractivity contribution in [3.05, 3.63) is 28.2 Å². The van der Waals surface area contributed by atoms with Crippen LogP contribution in [-0.4, -0.2) is 30.6 Å². The molecule has 0 aliphatic heterocycles. The molecule has 9 heteroatoms. The zero-order valence-electron chi connectivity index (χ0n) is 11.7. The Bertz CT molecular complexity index is 580. The second-order valence-corrected chi connectivity index (χ2v) is 5.13. The van der Waals surface area contributed by atoms with Gasteiger partial charge in [-0.25, -0.2) is 4.79 Å². The molecular weight excluding hydrogens is 333 g/mol. The number of esters is 1. The summed E-state index contributed by atoms with van der Waals surface area (Å²) < 4.78 is 4.92. The highest BCUT2D eigenvalue weighted by atomic mass is 35.5. The Morgan fingerprint density at radius 3 is 2.64 bits per heavy atom. The highest BCUT2D eigenvalue weighted by Gasteiger charge is 2.18. The van der Waals surface area contributed by atoms with Gasteiger partial charge in [-0.3, -0.25) is 9.59 Å². The highest BCUT2D eigenvalue weighted by molar-refractivity contribution is 6.35. The quantitative estimate of drug-likeness (QED) is 0.682. The smallest absolute Gasteiger partial charge is 0.312 e. The topological polar surface area (TPSA) is 111 Å². The first-order chi connectivity index (χ1) is 10.3. The zero-order valence-corrected chi connectivity index (χ0v) is 13.2. The number of hydrogen-bond acceptors (Lipinski definition) is 4. The van der Waals surface area contributed by atoms with Crippen LogP contribution in [0.15, 0.2) is 18.2 Å². The van der Waals surface area contributed by atoms with Crippen LogP contribution in [0.3, 0.4) is 0 Å². The van der Waals surface area contributed by atoms with Gasteiger partial charge < -0.3 is 21.1 Å². The molecule has 1 atom stereocenters. The number of rotatable bonds is 6. The van der Waals surface area contributed by atoms with Crippen LogP contribution in [0.1, 0.15) is 13.3 Å². The van der Waals surface area contributed by atoms with Crippen molar-refractivity contribution in [1.29, 1.82) is 0 Å². The third-order valence-corrected chi connectivity index (χ3v) is 3.06. The van der Waals surface area contributed by atoms with Crippen molar-refractivity contribution in [1.82, 2.24) is 5.32 Å². The number of nitrogens with two attached hydrogens (primary N) is 1. The normalized spacial score (nSPS) is 11.4. The second-order valence-electron chi connectivity index (χ2n) is 4.29. The van der Waals surface area contributed by atoms with Crippen LogP contribution in [0.4, 0.5) is 10.5 Å². The minimum absolute atomic E-state index is 0.0304. The van der Waals surface area contributed by atoms with Gasteiger partial charge in [0, 0.05) is 11.6 Å². The highest BCUT2D eigenvalue weighted by Crippen LogP contribution is 2.25. The lowest BCUT2D eigenvalue weighted by molar-refractivity contribution is -0.153. The molecule has 0 saturated carbocycles. The van der Waals surface area contributed by atoms with Crippen LogP contribution in [-0.2, 0) is 14.3 Å². The summed E-state index contributed by atoms with van der Waals surface area (Å²) in [5.74, 6) is -1.20. The molecule has 3 amide bonds. The second kappa shape index (κ2) is 8.45. The van der Waals surface area contributed by atoms with E-state index in [4.69, 9.17) is 33.7 Å². The number of amides is 3. The molecule has 0 aromatic heterocycles. The summed E-state index contributed by atoms with van der Waals surface area (Å²) in [4.78, 5) is 33.8. The number of urea groups is 1. The molecule has 0 saturated heterocycles. The molecule has 7 nitrogen and oxygen atoms in total. The number of benzene rings is 1. The molecule has 120 valence electrons. The van der Waals surface area contributed by atoms with E-state index in [1.165, 1.54) is 19.1 Å². The number of ether oxygens (including phenoxy) is 1. The molecule has 1 rings (SSSR count). The predicted molar refractivity (Wildman–Crippen MR) is 82.8 cm³/mol. The summed E-state index contributed by atoms with van der Waals surface area (Å²) in [6, 6.07) is 3.85. The molecule has 1 aromatic rings. The van der Waals surface area contributed by atoms with Gasteiger partial charge in [0.15, 0.2) is 6.10 Å². The lowest BCUT2D eigenvalue weighted by atomic mass is 10.3. The van der Waals surface area contributed by atoms with Crippen LogP contribution < -0.4 is 16.4 Å². The van der Waals surface area contributed by atoms with Gasteiger partial charge in [-0.2, -0.15) is 0 Å². The van der Waals surface area contributed by atoms with Gasteiger partial charge in [-0.15, -0.1) is 0 Å². The van der Waals surface area contributed by atoms with Crippen LogP contribution in [0.5, 0.6) is 0 Å². The fraction of sp³-hybridized carbons (Fsp3) is 0.308. The van der Waals surface area contributed by atoms with E-state index in [1.807, 2.05) is 0 Å². The van der Waals surface area contributed by atoms with Gasteiger partial charge in [-0.1, -0.05) is 23.2 Å². The average molecular weight is 348 g/mol. The summed E-state index contributed by atoms with van der Waals surface area (Å²) in [6.07, 6.45) is -1.13. The van der Waals surface area contributed by atoms with Crippen LogP contribution in [0, 0.1) is 0 Å². The Labute approximate surface area is 137 Å². The van der Waals surface area contributed by atoms with Crippen molar-refractivity contribution in [2.75, 3.05) is 11.9 Å². The molecule has 22 heavy (non-hydrogen) atoms. The number of nitrogens with one attached hydrogen (secondary N) is 2. The van der Waals surface area contributed by atoms with E-state index in [0.717, 1.165) is 0 Å². The molecule has 0 bridgehead atoms. The number of primary amides is 1. The summed E-state index contributed by atoms with van der Waals surface area (Å²) >= 11 is 11.7. The lowest BCUT2D eigenvalue weighted by Gasteiger charge is -2.14. The molecule has 1 aromatic carbocycles. The van der Waals surface area contributed by atoms with Gasteiger partial charge in [-0.05, 0) is 25.1 Å². The molecular formula is C13H15Cl2N3O4. The van der Waals surface area contributed by atoms with Crippen molar-refractivity contribution < 1.29 is 19.1 Å². The van der Waals surface area contributed by atoms with E-state index >= 15 is 0 Å². The van der Waals surface area contributed by atoms with E-state index in [2.05, 4.69) is 10.6 Å². The van der Waals surface area contributed by atoms with Crippen LogP contribution in [0.2, 0.25) is 10.0 Å². The molecule has 0 radical (unpaired) electrons. The minimum atomic E-state index is -1.03. The molecule has 0 heterocycles. The molecule has 0 aliphatic rings. The van der Waals surface area contributed by atoms with Crippen molar-refractivity contribution in [3.8, 4) is 0 Å². The number of anilines is 1. The van der Waals surface area contributed by atoms with Gasteiger partial charge in [0.05, 0.1) is 17.1 Å². The van der Waals surface area contributed by atoms with Crippen molar-refractivity contribution in [3.63, 3.8) is 0 Å². The van der Waals surface area contributed by atoms with Gasteiger partial charge in [0.2, 0.25) is 0 Å². The van der Waals surface area contributed by atoms with E-state index in [-0.39, 0.29) is 13.0 Å². The third-order valence-electron chi connectivity index (χ3n) is 2.49. The van der Waals surface area contributed by atoms with Gasteiger partial charge >= 0.3 is 12.0 Å². The van der Waals surface area contributed by atoms with E-state index in [9.17, 15) is 14.4 Å². The summed E-state index contributed by atoms with van der Waals surface area (Å²) in [7, 11) is 0. The molecule has 4 N–H and O–H groups in total. The molecule has 0 spiro atoms. The van der Waals surface area contributed by atoms with Crippen LogP contribution >= 0.6 is 23.2 Å². The number of carbonyl (C=O) groups excluding carboxylic acids is 3. The van der Waals surface area contributed by atoms with Crippen LogP contribution in [0.25, 0.3) is 0 Å². The third kappa shape index (κ3) is 6.19. The Morgan fingerprint density at radius 2 is 2.00 bits per heavy atom. The Kier molecular flexibility index (Phi) is 6.94. The van der Waals surface area contributed by atoms with E-state index in [0.29, 0.717) is 15.7 Å². The monoisotopic (exact) mass is 347 g/mol. The maximum Gasteiger partial charge on any atom is 0.312 e. The maximum atomic E-state index is 11.9. The van der Waals surface area contributed by atoms with E-state index in [1.54, 1.807) is 6.07 Å². The van der Waals surface area contributed by atoms with Crippen molar-refractivity contribution in [2.45, 2.75) is 19.4 Å². The molecule has 0 fully saturated rings. The summed E-state index contributed by atoms with van der Waals surface area (Å²) in [6.45, 7) is 1.44. The number of hydrogen-bond donors (Lipinski definition) is 3. The minimum Gasteiger partial charge on any atom is -0.452 e. The standard InChI is InChI=1S/C13H15Cl2N3O4/c1-7(22-11(19)4-5-17-13(16)21)12(20)18-10-6-8(14)2-3-9(10)15/h2-3,6-7H,4-5H2,1H3,(H,18,20)(H3,16,17,21)/t7-/m1/s1. The molecule has 0 aliphatic carbocycles. The number of carbonyl (C=O) groups is 3. The average Bonchev–Trinajstić information content (AvgIpc) is 2.42. The Morgan fingerprint density at radius 1 is 1.32 bits per heavy atom. The zero-order chi connectivity index (χ0) is 16.7. The fourth-order valence-electron chi connectivity index (χ4n) is 1.43. The molecule has 0 unspecified atom stereocenters. The Hall–Kier alpha value is -1.99.